The molecule has 0 heterocycles. The van der Waals surface area contributed by atoms with E-state index in [4.69, 9.17) is 0 Å². The molecule has 2 aromatic rings. The highest BCUT2D eigenvalue weighted by atomic mass is 16.6. The van der Waals surface area contributed by atoms with Crippen molar-refractivity contribution >= 4 is 23.2 Å². The van der Waals surface area contributed by atoms with Crippen LogP contribution >= 0.6 is 0 Å². The van der Waals surface area contributed by atoms with Crippen molar-refractivity contribution in [2.45, 2.75) is 13.5 Å². The molecule has 7 heteroatoms. The van der Waals surface area contributed by atoms with Gasteiger partial charge < -0.3 is 10.2 Å². The number of para-hydroxylation sites is 2. The maximum atomic E-state index is 12.4. The molecule has 0 saturated heterocycles. The first-order valence-electron chi connectivity index (χ1n) is 7.24. The summed E-state index contributed by atoms with van der Waals surface area (Å²) in [5.74, 6) is -0.671. The van der Waals surface area contributed by atoms with Crippen LogP contribution in [0.5, 0.6) is 0 Å². The third-order valence-corrected chi connectivity index (χ3v) is 3.56. The molecule has 0 radical (unpaired) electrons. The monoisotopic (exact) mass is 327 g/mol. The molecular formula is C17H17N3O4. The number of hydrogen-bond donors (Lipinski definition) is 1. The van der Waals surface area contributed by atoms with Gasteiger partial charge in [0.1, 0.15) is 5.56 Å². The van der Waals surface area contributed by atoms with Crippen molar-refractivity contribution in [1.82, 2.24) is 4.90 Å². The summed E-state index contributed by atoms with van der Waals surface area (Å²) >= 11 is 0. The Bertz CT molecular complexity index is 789. The number of hydrogen-bond acceptors (Lipinski definition) is 4. The zero-order chi connectivity index (χ0) is 17.7. The van der Waals surface area contributed by atoms with Crippen LogP contribution in [0.15, 0.2) is 48.5 Å². The Morgan fingerprint density at radius 2 is 1.75 bits per heavy atom. The number of nitrogens with one attached hydrogen (secondary N) is 1. The van der Waals surface area contributed by atoms with Gasteiger partial charge in [0, 0.05) is 32.3 Å². The number of anilines is 1. The first-order chi connectivity index (χ1) is 11.4. The van der Waals surface area contributed by atoms with Crippen molar-refractivity contribution < 1.29 is 14.5 Å². The summed E-state index contributed by atoms with van der Waals surface area (Å²) in [5, 5.41) is 13.7. The van der Waals surface area contributed by atoms with Gasteiger partial charge in [0.2, 0.25) is 5.91 Å². The molecule has 0 aliphatic heterocycles. The van der Waals surface area contributed by atoms with Crippen LogP contribution in [0, 0.1) is 10.1 Å². The van der Waals surface area contributed by atoms with Crippen molar-refractivity contribution in [1.29, 1.82) is 0 Å². The topological polar surface area (TPSA) is 92.6 Å². The number of amides is 2. The van der Waals surface area contributed by atoms with Gasteiger partial charge in [0.25, 0.3) is 11.6 Å². The first-order valence-corrected chi connectivity index (χ1v) is 7.24. The van der Waals surface area contributed by atoms with E-state index in [9.17, 15) is 19.7 Å². The van der Waals surface area contributed by atoms with Gasteiger partial charge >= 0.3 is 0 Å². The fourth-order valence-corrected chi connectivity index (χ4v) is 2.16. The largest absolute Gasteiger partial charge is 0.342 e. The lowest BCUT2D eigenvalue weighted by molar-refractivity contribution is -0.385. The van der Waals surface area contributed by atoms with Crippen LogP contribution in [-0.2, 0) is 11.3 Å². The van der Waals surface area contributed by atoms with E-state index < -0.39 is 10.8 Å². The average molecular weight is 327 g/mol. The van der Waals surface area contributed by atoms with Gasteiger partial charge in [-0.1, -0.05) is 30.3 Å². The van der Waals surface area contributed by atoms with Gasteiger partial charge in [0.15, 0.2) is 0 Å². The molecule has 0 unspecified atom stereocenters. The highest BCUT2D eigenvalue weighted by Gasteiger charge is 2.20. The number of rotatable bonds is 5. The van der Waals surface area contributed by atoms with E-state index in [1.807, 2.05) is 0 Å². The van der Waals surface area contributed by atoms with Gasteiger partial charge in [-0.15, -0.1) is 0 Å². The van der Waals surface area contributed by atoms with Crippen LogP contribution in [0.3, 0.4) is 0 Å². The van der Waals surface area contributed by atoms with Crippen LogP contribution in [0.1, 0.15) is 22.8 Å². The van der Waals surface area contributed by atoms with E-state index in [0.29, 0.717) is 12.2 Å². The van der Waals surface area contributed by atoms with Crippen LogP contribution in [0.4, 0.5) is 11.4 Å². The smallest absolute Gasteiger partial charge is 0.282 e. The average Bonchev–Trinajstić information content (AvgIpc) is 2.56. The van der Waals surface area contributed by atoms with E-state index in [1.54, 1.807) is 37.4 Å². The lowest BCUT2D eigenvalue weighted by atomic mass is 10.1. The number of carbonyl (C=O) groups is 2. The van der Waals surface area contributed by atoms with Gasteiger partial charge in [-0.05, 0) is 17.7 Å². The lowest BCUT2D eigenvalue weighted by Gasteiger charge is -2.17. The summed E-state index contributed by atoms with van der Waals surface area (Å²) in [6.45, 7) is 1.77. The van der Waals surface area contributed by atoms with Crippen molar-refractivity contribution in [3.05, 3.63) is 69.8 Å². The Labute approximate surface area is 139 Å². The van der Waals surface area contributed by atoms with E-state index in [1.165, 1.54) is 30.0 Å². The number of benzene rings is 2. The van der Waals surface area contributed by atoms with Crippen molar-refractivity contribution in [2.75, 3.05) is 12.4 Å². The minimum atomic E-state index is -0.593. The van der Waals surface area contributed by atoms with E-state index in [2.05, 4.69) is 5.32 Å². The Morgan fingerprint density at radius 1 is 1.12 bits per heavy atom. The number of nitro benzene ring substituents is 1. The fourth-order valence-electron chi connectivity index (χ4n) is 2.16. The molecule has 7 nitrogen and oxygen atoms in total. The van der Waals surface area contributed by atoms with Gasteiger partial charge in [-0.25, -0.2) is 0 Å². The lowest BCUT2D eigenvalue weighted by Crippen LogP contribution is -2.24. The first kappa shape index (κ1) is 17.1. The highest BCUT2D eigenvalue weighted by Crippen LogP contribution is 2.22. The summed E-state index contributed by atoms with van der Waals surface area (Å²) in [5.41, 5.74) is 0.974. The van der Waals surface area contributed by atoms with Gasteiger partial charge in [0.05, 0.1) is 4.92 Å². The molecule has 2 amide bonds. The van der Waals surface area contributed by atoms with E-state index in [0.717, 1.165) is 5.56 Å². The molecule has 0 saturated carbocycles. The predicted molar refractivity (Wildman–Crippen MR) is 89.6 cm³/mol. The zero-order valence-electron chi connectivity index (χ0n) is 13.4. The van der Waals surface area contributed by atoms with Crippen molar-refractivity contribution in [3.8, 4) is 0 Å². The molecule has 0 aromatic heterocycles. The third-order valence-electron chi connectivity index (χ3n) is 3.56. The molecule has 0 fully saturated rings. The fraction of sp³-hybridized carbons (Fsp3) is 0.176. The normalized spacial score (nSPS) is 10.1. The second-order valence-electron chi connectivity index (χ2n) is 5.26. The van der Waals surface area contributed by atoms with Gasteiger partial charge in [-0.2, -0.15) is 0 Å². The molecule has 2 rings (SSSR count). The van der Waals surface area contributed by atoms with Gasteiger partial charge in [-0.3, -0.25) is 19.7 Å². The van der Waals surface area contributed by atoms with E-state index in [-0.39, 0.29) is 17.2 Å². The summed E-state index contributed by atoms with van der Waals surface area (Å²) in [7, 11) is 1.66. The Morgan fingerprint density at radius 3 is 2.42 bits per heavy atom. The molecule has 0 aliphatic rings. The molecule has 124 valence electrons. The zero-order valence-corrected chi connectivity index (χ0v) is 13.4. The second kappa shape index (κ2) is 7.36. The number of nitrogens with zero attached hydrogens (tertiary/aromatic N) is 2. The number of carbonyl (C=O) groups excluding carboxylic acids is 2. The highest BCUT2D eigenvalue weighted by molar-refractivity contribution is 6.07. The van der Waals surface area contributed by atoms with E-state index >= 15 is 0 Å². The van der Waals surface area contributed by atoms with Crippen LogP contribution in [0.2, 0.25) is 0 Å². The molecule has 0 aliphatic carbocycles. The Kier molecular flexibility index (Phi) is 5.26. The van der Waals surface area contributed by atoms with Crippen LogP contribution in [0.25, 0.3) is 0 Å². The summed E-state index contributed by atoms with van der Waals surface area (Å²) < 4.78 is 0. The molecule has 0 spiro atoms. The molecule has 24 heavy (non-hydrogen) atoms. The van der Waals surface area contributed by atoms with Crippen molar-refractivity contribution in [2.24, 2.45) is 0 Å². The molecule has 0 bridgehead atoms. The Hall–Kier alpha value is -3.22. The molecule has 1 N–H and O–H groups in total. The van der Waals surface area contributed by atoms with Crippen molar-refractivity contribution in [3.63, 3.8) is 0 Å². The SMILES string of the molecule is CC(=O)N(C)Cc1ccccc1NC(=O)c1ccccc1[N+](=O)[O-]. The molecule has 0 atom stereocenters. The summed E-state index contributed by atoms with van der Waals surface area (Å²) in [4.78, 5) is 35.8. The quantitative estimate of drug-likeness (QED) is 0.675. The van der Waals surface area contributed by atoms with Crippen LogP contribution in [-0.4, -0.2) is 28.7 Å². The maximum Gasteiger partial charge on any atom is 0.282 e. The Balaban J connectivity index is 2.27. The number of nitro groups is 1. The summed E-state index contributed by atoms with van der Waals surface area (Å²) in [6.07, 6.45) is 0. The second-order valence-corrected chi connectivity index (χ2v) is 5.26. The third kappa shape index (κ3) is 3.95. The maximum absolute atomic E-state index is 12.4. The summed E-state index contributed by atoms with van der Waals surface area (Å²) in [6, 6.07) is 12.8. The molecule has 2 aromatic carbocycles. The molecular weight excluding hydrogens is 310 g/mol. The minimum absolute atomic E-state index is 0.0165. The predicted octanol–water partition coefficient (Wildman–Crippen LogP) is 2.83. The standard InChI is InChI=1S/C17H17N3O4/c1-12(21)19(2)11-13-7-3-5-9-15(13)18-17(22)14-8-4-6-10-16(14)20(23)24/h3-10H,11H2,1-2H3,(H,18,22). The minimum Gasteiger partial charge on any atom is -0.342 e. The van der Waals surface area contributed by atoms with Crippen LogP contribution < -0.4 is 5.32 Å².